The van der Waals surface area contributed by atoms with Gasteiger partial charge >= 0.3 is 0 Å². The largest absolute Gasteiger partial charge is 0.307 e. The lowest BCUT2D eigenvalue weighted by atomic mass is 10.2. The summed E-state index contributed by atoms with van der Waals surface area (Å²) in [7, 11) is 0. The van der Waals surface area contributed by atoms with Gasteiger partial charge in [0.2, 0.25) is 0 Å². The summed E-state index contributed by atoms with van der Waals surface area (Å²) in [6.07, 6.45) is 3.15. The molecule has 0 unspecified atom stereocenters. The van der Waals surface area contributed by atoms with Crippen LogP contribution in [0.5, 0.6) is 0 Å². The van der Waals surface area contributed by atoms with Crippen molar-refractivity contribution in [1.82, 2.24) is 15.3 Å². The topological polar surface area (TPSA) is 37.8 Å². The molecule has 17 heavy (non-hydrogen) atoms. The number of nitrogens with zero attached hydrogens (tertiary/aromatic N) is 2. The lowest BCUT2D eigenvalue weighted by molar-refractivity contribution is 0.586. The van der Waals surface area contributed by atoms with Gasteiger partial charge in [-0.05, 0) is 18.2 Å². The molecule has 1 heterocycles. The van der Waals surface area contributed by atoms with Gasteiger partial charge in [0.1, 0.15) is 12.1 Å². The molecule has 2 aromatic rings. The lowest BCUT2D eigenvalue weighted by Crippen LogP contribution is -2.15. The van der Waals surface area contributed by atoms with Gasteiger partial charge < -0.3 is 5.32 Å². The van der Waals surface area contributed by atoms with Crippen LogP contribution in [0.4, 0.5) is 4.39 Å². The number of rotatable bonds is 4. The number of aromatic nitrogens is 2. The van der Waals surface area contributed by atoms with E-state index in [4.69, 9.17) is 11.6 Å². The van der Waals surface area contributed by atoms with Crippen molar-refractivity contribution in [2.75, 3.05) is 0 Å². The average Bonchev–Trinajstić information content (AvgIpc) is 2.34. The van der Waals surface area contributed by atoms with Crippen LogP contribution in [-0.2, 0) is 13.1 Å². The summed E-state index contributed by atoms with van der Waals surface area (Å²) >= 11 is 5.91. The minimum Gasteiger partial charge on any atom is -0.307 e. The van der Waals surface area contributed by atoms with E-state index in [0.717, 1.165) is 5.69 Å². The van der Waals surface area contributed by atoms with Gasteiger partial charge in [-0.15, -0.1) is 0 Å². The maximum atomic E-state index is 13.4. The zero-order chi connectivity index (χ0) is 12.1. The molecule has 0 aliphatic rings. The fourth-order valence-electron chi connectivity index (χ4n) is 1.44. The molecule has 5 heteroatoms. The minimum atomic E-state index is -0.298. The summed E-state index contributed by atoms with van der Waals surface area (Å²) in [6, 6.07) is 6.46. The summed E-state index contributed by atoms with van der Waals surface area (Å²) in [6.45, 7) is 0.919. The van der Waals surface area contributed by atoms with Crippen molar-refractivity contribution in [2.45, 2.75) is 13.1 Å². The van der Waals surface area contributed by atoms with Gasteiger partial charge in [-0.3, -0.25) is 0 Å². The molecule has 3 nitrogen and oxygen atoms in total. The number of nitrogens with one attached hydrogen (secondary N) is 1. The van der Waals surface area contributed by atoms with Crippen LogP contribution in [0.3, 0.4) is 0 Å². The number of halogens is 2. The van der Waals surface area contributed by atoms with Crippen molar-refractivity contribution < 1.29 is 4.39 Å². The van der Waals surface area contributed by atoms with E-state index in [1.54, 1.807) is 24.4 Å². The van der Waals surface area contributed by atoms with Crippen LogP contribution in [0.25, 0.3) is 0 Å². The van der Waals surface area contributed by atoms with E-state index in [1.165, 1.54) is 12.4 Å². The zero-order valence-corrected chi connectivity index (χ0v) is 9.78. The van der Waals surface area contributed by atoms with Crippen LogP contribution in [-0.4, -0.2) is 9.97 Å². The summed E-state index contributed by atoms with van der Waals surface area (Å²) in [5.41, 5.74) is 1.33. The molecule has 1 N–H and O–H groups in total. The predicted octanol–water partition coefficient (Wildman–Crippen LogP) is 2.56. The molecule has 0 fully saturated rings. The minimum absolute atomic E-state index is 0.298. The van der Waals surface area contributed by atoms with Crippen LogP contribution >= 0.6 is 11.6 Å². The first-order valence-corrected chi connectivity index (χ1v) is 5.53. The fourth-order valence-corrected chi connectivity index (χ4v) is 1.67. The van der Waals surface area contributed by atoms with Crippen molar-refractivity contribution in [3.63, 3.8) is 0 Å². The van der Waals surface area contributed by atoms with Gasteiger partial charge in [0.05, 0.1) is 5.69 Å². The van der Waals surface area contributed by atoms with Gasteiger partial charge in [-0.1, -0.05) is 17.7 Å². The third-order valence-corrected chi connectivity index (χ3v) is 2.67. The predicted molar refractivity (Wildman–Crippen MR) is 64.0 cm³/mol. The summed E-state index contributed by atoms with van der Waals surface area (Å²) in [5.74, 6) is -0.298. The molecular formula is C12H11ClFN3. The summed E-state index contributed by atoms with van der Waals surface area (Å²) in [5, 5.41) is 3.52. The number of hydrogen-bond acceptors (Lipinski definition) is 3. The van der Waals surface area contributed by atoms with Crippen LogP contribution in [0.15, 0.2) is 36.8 Å². The van der Waals surface area contributed by atoms with Crippen molar-refractivity contribution in [3.8, 4) is 0 Å². The first-order chi connectivity index (χ1) is 8.27. The Kier molecular flexibility index (Phi) is 4.01. The molecule has 0 aliphatic carbocycles. The molecule has 0 saturated heterocycles. The molecule has 1 aromatic heterocycles. The molecule has 88 valence electrons. The summed E-state index contributed by atoms with van der Waals surface area (Å²) < 4.78 is 13.4. The first kappa shape index (κ1) is 12.0. The van der Waals surface area contributed by atoms with Crippen molar-refractivity contribution >= 4 is 11.6 Å². The Morgan fingerprint density at radius 2 is 2.12 bits per heavy atom. The molecule has 0 radical (unpaired) electrons. The Hall–Kier alpha value is -1.52. The van der Waals surface area contributed by atoms with Crippen LogP contribution in [0.2, 0.25) is 5.02 Å². The van der Waals surface area contributed by atoms with E-state index in [2.05, 4.69) is 15.3 Å². The first-order valence-electron chi connectivity index (χ1n) is 5.16. The number of hydrogen-bond donors (Lipinski definition) is 1. The van der Waals surface area contributed by atoms with E-state index < -0.39 is 0 Å². The Bertz CT molecular complexity index is 470. The van der Waals surface area contributed by atoms with E-state index in [1.807, 2.05) is 0 Å². The molecule has 0 spiro atoms. The standard InChI is InChI=1S/C12H11ClFN3/c13-11-2-1-3-12(14)10(11)7-16-6-9-4-5-15-8-17-9/h1-5,8,16H,6-7H2. The second kappa shape index (κ2) is 5.70. The number of benzene rings is 1. The Labute approximate surface area is 104 Å². The van der Waals surface area contributed by atoms with E-state index in [-0.39, 0.29) is 5.82 Å². The monoisotopic (exact) mass is 251 g/mol. The lowest BCUT2D eigenvalue weighted by Gasteiger charge is -2.07. The van der Waals surface area contributed by atoms with Crippen LogP contribution < -0.4 is 5.32 Å². The Morgan fingerprint density at radius 1 is 1.24 bits per heavy atom. The van der Waals surface area contributed by atoms with Gasteiger partial charge in [-0.2, -0.15) is 0 Å². The van der Waals surface area contributed by atoms with E-state index in [0.29, 0.717) is 23.7 Å². The van der Waals surface area contributed by atoms with E-state index in [9.17, 15) is 4.39 Å². The van der Waals surface area contributed by atoms with Gasteiger partial charge in [-0.25, -0.2) is 14.4 Å². The molecule has 2 rings (SSSR count). The second-order valence-electron chi connectivity index (χ2n) is 3.50. The second-order valence-corrected chi connectivity index (χ2v) is 3.91. The smallest absolute Gasteiger partial charge is 0.129 e. The zero-order valence-electron chi connectivity index (χ0n) is 9.03. The highest BCUT2D eigenvalue weighted by Gasteiger charge is 2.05. The van der Waals surface area contributed by atoms with Crippen molar-refractivity contribution in [3.05, 3.63) is 58.9 Å². The van der Waals surface area contributed by atoms with Crippen LogP contribution in [0, 0.1) is 5.82 Å². The van der Waals surface area contributed by atoms with Crippen molar-refractivity contribution in [2.24, 2.45) is 0 Å². The van der Waals surface area contributed by atoms with Crippen molar-refractivity contribution in [1.29, 1.82) is 0 Å². The summed E-state index contributed by atoms with van der Waals surface area (Å²) in [4.78, 5) is 7.87. The highest BCUT2D eigenvalue weighted by Crippen LogP contribution is 2.18. The molecule has 0 aliphatic heterocycles. The molecular weight excluding hydrogens is 241 g/mol. The molecule has 1 aromatic carbocycles. The SMILES string of the molecule is Fc1cccc(Cl)c1CNCc1ccncn1. The maximum Gasteiger partial charge on any atom is 0.129 e. The Morgan fingerprint density at radius 3 is 2.82 bits per heavy atom. The van der Waals surface area contributed by atoms with Crippen LogP contribution in [0.1, 0.15) is 11.3 Å². The molecule has 0 atom stereocenters. The highest BCUT2D eigenvalue weighted by atomic mass is 35.5. The van der Waals surface area contributed by atoms with Gasteiger partial charge in [0.15, 0.2) is 0 Å². The molecule has 0 amide bonds. The highest BCUT2D eigenvalue weighted by molar-refractivity contribution is 6.31. The molecule has 0 saturated carbocycles. The normalized spacial score (nSPS) is 10.5. The quantitative estimate of drug-likeness (QED) is 0.908. The Balaban J connectivity index is 1.95. The maximum absolute atomic E-state index is 13.4. The van der Waals surface area contributed by atoms with Gasteiger partial charge in [0, 0.05) is 29.9 Å². The third kappa shape index (κ3) is 3.22. The molecule has 0 bridgehead atoms. The third-order valence-electron chi connectivity index (χ3n) is 2.31. The van der Waals surface area contributed by atoms with Gasteiger partial charge in [0.25, 0.3) is 0 Å². The fraction of sp³-hybridized carbons (Fsp3) is 0.167. The van der Waals surface area contributed by atoms with E-state index >= 15 is 0 Å². The average molecular weight is 252 g/mol.